The third kappa shape index (κ3) is 13.3. The molecule has 0 N–H and O–H groups in total. The van der Waals surface area contributed by atoms with Crippen LogP contribution in [-0.4, -0.2) is 42.2 Å². The minimum Gasteiger partial charge on any atom is -0.360 e. The van der Waals surface area contributed by atoms with Gasteiger partial charge in [-0.3, -0.25) is 14.2 Å². The van der Waals surface area contributed by atoms with Gasteiger partial charge in [0, 0.05) is 6.54 Å². The molecule has 0 saturated carbocycles. The van der Waals surface area contributed by atoms with Crippen LogP contribution in [0.3, 0.4) is 0 Å². The van der Waals surface area contributed by atoms with E-state index >= 15 is 0 Å². The maximum atomic E-state index is 12.5. The van der Waals surface area contributed by atoms with Crippen LogP contribution in [0.5, 0.6) is 0 Å². The molecule has 0 heterocycles. The summed E-state index contributed by atoms with van der Waals surface area (Å²) in [7, 11) is -0.749. The van der Waals surface area contributed by atoms with Gasteiger partial charge < -0.3 is 9.26 Å². The number of hydrogen-bond donors (Lipinski definition) is 0. The Morgan fingerprint density at radius 3 is 1.97 bits per heavy atom. The van der Waals surface area contributed by atoms with E-state index in [1.165, 1.54) is 31.1 Å². The van der Waals surface area contributed by atoms with Crippen LogP contribution in [0.2, 0.25) is 0 Å². The van der Waals surface area contributed by atoms with E-state index in [1.54, 1.807) is 0 Å². The molecule has 0 aliphatic heterocycles. The summed E-state index contributed by atoms with van der Waals surface area (Å²) < 4.78 is 24.2. The molecule has 172 valence electrons. The summed E-state index contributed by atoms with van der Waals surface area (Å²) in [6, 6.07) is 0. The number of hydroxylamine groups is 2. The molecule has 6 nitrogen and oxygen atoms in total. The number of nitrogens with zero attached hydrogens (tertiary/aromatic N) is 1. The second kappa shape index (κ2) is 15.2. The predicted molar refractivity (Wildman–Crippen MR) is 120 cm³/mol. The maximum absolute atomic E-state index is 12.5. The first kappa shape index (κ1) is 28.3. The van der Waals surface area contributed by atoms with Crippen molar-refractivity contribution in [1.82, 2.24) is 5.06 Å². The molecule has 0 fully saturated rings. The molecule has 7 heteroatoms. The summed E-state index contributed by atoms with van der Waals surface area (Å²) in [6.45, 7) is 14.4. The first-order valence-corrected chi connectivity index (χ1v) is 12.3. The van der Waals surface area contributed by atoms with Crippen molar-refractivity contribution in [3.05, 3.63) is 12.7 Å². The van der Waals surface area contributed by atoms with Crippen molar-refractivity contribution in [2.45, 2.75) is 103 Å². The van der Waals surface area contributed by atoms with Gasteiger partial charge in [0.1, 0.15) is 5.34 Å². The number of ether oxygens (including phenoxy) is 1. The van der Waals surface area contributed by atoms with Gasteiger partial charge in [-0.15, -0.1) is 0 Å². The maximum Gasteiger partial charge on any atom is 0.269 e. The molecule has 2 atom stereocenters. The number of rotatable bonds is 17. The Kier molecular flexibility index (Phi) is 14.8. The quantitative estimate of drug-likeness (QED) is 0.120. The highest BCUT2D eigenvalue weighted by Gasteiger charge is 2.35. The molecule has 0 rings (SSSR count). The summed E-state index contributed by atoms with van der Waals surface area (Å²) in [5, 5.41) is 0.645. The zero-order valence-corrected chi connectivity index (χ0v) is 20.6. The van der Waals surface area contributed by atoms with Gasteiger partial charge >= 0.3 is 0 Å². The van der Waals surface area contributed by atoms with Crippen molar-refractivity contribution in [3.63, 3.8) is 0 Å². The van der Waals surface area contributed by atoms with Crippen molar-refractivity contribution in [1.29, 1.82) is 0 Å². The van der Waals surface area contributed by atoms with Crippen molar-refractivity contribution in [2.24, 2.45) is 0 Å². The van der Waals surface area contributed by atoms with Crippen LogP contribution in [0.25, 0.3) is 0 Å². The molecule has 0 radical (unpaired) electrons. The molecule has 0 bridgehead atoms. The number of carbonyl (C=O) groups is 1. The number of carbonyl (C=O) groups excluding carboxylic acids is 1. The molecule has 0 aromatic heterocycles. The minimum atomic E-state index is -2.25. The number of hydrogen-bond acceptors (Lipinski definition) is 5. The van der Waals surface area contributed by atoms with Gasteiger partial charge in [0.25, 0.3) is 5.91 Å². The van der Waals surface area contributed by atoms with Crippen molar-refractivity contribution in [2.75, 3.05) is 20.3 Å². The Balaban J connectivity index is 3.74. The van der Waals surface area contributed by atoms with E-state index in [0.29, 0.717) is 19.6 Å². The van der Waals surface area contributed by atoms with Crippen molar-refractivity contribution in [3.8, 4) is 0 Å². The molecule has 1 amide bonds. The fourth-order valence-electron chi connectivity index (χ4n) is 3.06. The van der Waals surface area contributed by atoms with Crippen LogP contribution in [0.4, 0.5) is 0 Å². The van der Waals surface area contributed by atoms with Crippen LogP contribution >= 0.6 is 8.03 Å². The van der Waals surface area contributed by atoms with Crippen molar-refractivity contribution >= 4 is 13.9 Å². The van der Waals surface area contributed by atoms with Gasteiger partial charge in [-0.1, -0.05) is 52.0 Å². The molecule has 0 aromatic rings. The lowest BCUT2D eigenvalue weighted by atomic mass is 10.1. The molecule has 0 aliphatic carbocycles. The van der Waals surface area contributed by atoms with E-state index in [-0.39, 0.29) is 11.5 Å². The Hall–Kier alpha value is -0.680. The first-order valence-electron chi connectivity index (χ1n) is 10.9. The highest BCUT2D eigenvalue weighted by Crippen LogP contribution is 2.45. The molecule has 29 heavy (non-hydrogen) atoms. The third-order valence-electron chi connectivity index (χ3n) is 4.77. The lowest BCUT2D eigenvalue weighted by molar-refractivity contribution is -0.170. The average molecular weight is 434 g/mol. The van der Waals surface area contributed by atoms with E-state index in [0.717, 1.165) is 38.5 Å². The van der Waals surface area contributed by atoms with E-state index in [2.05, 4.69) is 6.58 Å². The average Bonchev–Trinajstić information content (AvgIpc) is 2.66. The van der Waals surface area contributed by atoms with Gasteiger partial charge in [-0.2, -0.15) is 0 Å². The molecular formula is C22H44NO5P. The van der Waals surface area contributed by atoms with E-state index in [1.807, 2.05) is 34.6 Å². The van der Waals surface area contributed by atoms with Gasteiger partial charge in [0.2, 0.25) is 8.03 Å². The number of unbranched alkanes of at least 4 members (excludes halogenated alkanes) is 7. The minimum absolute atomic E-state index is 0.193. The zero-order chi connectivity index (χ0) is 22.3. The normalized spacial score (nSPS) is 15.0. The van der Waals surface area contributed by atoms with Gasteiger partial charge in [0.05, 0.1) is 19.3 Å². The van der Waals surface area contributed by atoms with Gasteiger partial charge in [-0.05, 0) is 53.0 Å². The van der Waals surface area contributed by atoms with Crippen LogP contribution in [0.15, 0.2) is 12.7 Å². The Morgan fingerprint density at radius 1 is 1.00 bits per heavy atom. The smallest absolute Gasteiger partial charge is 0.269 e. The Morgan fingerprint density at radius 2 is 1.52 bits per heavy atom. The fourth-order valence-corrected chi connectivity index (χ4v) is 4.38. The highest BCUT2D eigenvalue weighted by atomic mass is 31.1. The molecule has 0 saturated heterocycles. The molecular weight excluding hydrogens is 389 g/mol. The van der Waals surface area contributed by atoms with Gasteiger partial charge in [-0.25, -0.2) is 5.06 Å². The summed E-state index contributed by atoms with van der Waals surface area (Å²) in [5.74, 6) is -0.193. The lowest BCUT2D eigenvalue weighted by Gasteiger charge is -2.35. The van der Waals surface area contributed by atoms with E-state index < -0.39 is 13.4 Å². The topological polar surface area (TPSA) is 65.1 Å². The SMILES string of the molecule is C=CC(=O)N(CCCCCCCCCCO[PH](=O)C(C)(CC)OC(C)(C)C)OC. The fraction of sp³-hybridized carbons (Fsp3) is 0.864. The van der Waals surface area contributed by atoms with Crippen LogP contribution in [0, 0.1) is 0 Å². The summed E-state index contributed by atoms with van der Waals surface area (Å²) >= 11 is 0. The molecule has 2 unspecified atom stereocenters. The lowest BCUT2D eigenvalue weighted by Crippen LogP contribution is -2.34. The zero-order valence-electron chi connectivity index (χ0n) is 19.6. The Bertz CT molecular complexity index is 492. The molecule has 0 spiro atoms. The summed E-state index contributed by atoms with van der Waals surface area (Å²) in [5.41, 5.74) is -0.336. The van der Waals surface area contributed by atoms with E-state index in [4.69, 9.17) is 14.1 Å². The van der Waals surface area contributed by atoms with Crippen LogP contribution < -0.4 is 0 Å². The monoisotopic (exact) mass is 433 g/mol. The molecule has 0 aromatic carbocycles. The van der Waals surface area contributed by atoms with Crippen LogP contribution in [-0.2, 0) is 23.5 Å². The predicted octanol–water partition coefficient (Wildman–Crippen LogP) is 6.12. The van der Waals surface area contributed by atoms with E-state index in [9.17, 15) is 9.36 Å². The molecule has 0 aliphatic rings. The standard InChI is InChI=1S/C22H44NO5P/c1-8-20(24)23(26-7)18-16-14-12-10-11-13-15-17-19-27-29(25)22(6,9-2)28-21(3,4)5/h8,29H,1,9-19H2,2-7H3. The first-order chi connectivity index (χ1) is 13.6. The Labute approximate surface area is 179 Å². The number of amides is 1. The second-order valence-electron chi connectivity index (χ2n) is 8.59. The highest BCUT2D eigenvalue weighted by molar-refractivity contribution is 7.40. The van der Waals surface area contributed by atoms with Crippen molar-refractivity contribution < 1.29 is 23.5 Å². The van der Waals surface area contributed by atoms with Gasteiger partial charge in [0.15, 0.2) is 0 Å². The summed E-state index contributed by atoms with van der Waals surface area (Å²) in [6.07, 6.45) is 10.7. The largest absolute Gasteiger partial charge is 0.360 e. The third-order valence-corrected chi connectivity index (χ3v) is 6.55. The van der Waals surface area contributed by atoms with Crippen LogP contribution in [0.1, 0.15) is 92.4 Å². The second-order valence-corrected chi connectivity index (χ2v) is 10.5. The summed E-state index contributed by atoms with van der Waals surface area (Å²) in [4.78, 5) is 16.5.